The van der Waals surface area contributed by atoms with Crippen molar-refractivity contribution in [1.82, 2.24) is 5.32 Å². The molecule has 0 heterocycles. The average Bonchev–Trinajstić information content (AvgIpc) is 2.46. The second kappa shape index (κ2) is 6.95. The Balaban J connectivity index is 2.56. The van der Waals surface area contributed by atoms with Crippen molar-refractivity contribution < 1.29 is 4.74 Å². The Hall–Kier alpha value is -0.840. The lowest BCUT2D eigenvalue weighted by Gasteiger charge is -2.22. The first-order valence-corrected chi connectivity index (χ1v) is 8.34. The van der Waals surface area contributed by atoms with Gasteiger partial charge in [-0.1, -0.05) is 37.9 Å². The van der Waals surface area contributed by atoms with Gasteiger partial charge in [-0.15, -0.1) is 0 Å². The third-order valence-corrected chi connectivity index (χ3v) is 4.87. The van der Waals surface area contributed by atoms with Gasteiger partial charge < -0.3 is 10.1 Å². The van der Waals surface area contributed by atoms with Crippen LogP contribution in [-0.4, -0.2) is 14.2 Å². The molecule has 0 saturated carbocycles. The predicted molar refractivity (Wildman–Crippen MR) is 95.2 cm³/mol. The van der Waals surface area contributed by atoms with E-state index in [-0.39, 0.29) is 6.04 Å². The van der Waals surface area contributed by atoms with Crippen molar-refractivity contribution >= 4 is 31.9 Å². The molecule has 2 nitrogen and oxygen atoms in total. The number of methoxy groups -OCH3 is 1. The Morgan fingerprint density at radius 1 is 1.00 bits per heavy atom. The summed E-state index contributed by atoms with van der Waals surface area (Å²) in [5.74, 6) is 0.930. The topological polar surface area (TPSA) is 21.3 Å². The molecule has 0 bridgehead atoms. The number of ether oxygens (including phenoxy) is 1. The van der Waals surface area contributed by atoms with Crippen LogP contribution >= 0.6 is 31.9 Å². The molecule has 0 amide bonds. The number of hydrogen-bond acceptors (Lipinski definition) is 2. The molecule has 112 valence electrons. The molecule has 2 rings (SSSR count). The van der Waals surface area contributed by atoms with E-state index >= 15 is 0 Å². The number of nitrogens with one attached hydrogen (secondary N) is 1. The molecule has 2 aromatic carbocycles. The van der Waals surface area contributed by atoms with Crippen LogP contribution in [0.15, 0.2) is 39.3 Å². The molecule has 1 unspecified atom stereocenters. The molecule has 0 aliphatic rings. The van der Waals surface area contributed by atoms with Crippen LogP contribution in [0.1, 0.15) is 28.3 Å². The Kier molecular flexibility index (Phi) is 5.47. The van der Waals surface area contributed by atoms with Crippen molar-refractivity contribution in [2.75, 3.05) is 14.2 Å². The largest absolute Gasteiger partial charge is 0.496 e. The van der Waals surface area contributed by atoms with Crippen molar-refractivity contribution in [1.29, 1.82) is 0 Å². The number of aryl methyl sites for hydroxylation is 2. The summed E-state index contributed by atoms with van der Waals surface area (Å²) >= 11 is 7.21. The lowest BCUT2D eigenvalue weighted by molar-refractivity contribution is 0.411. The van der Waals surface area contributed by atoms with Crippen LogP contribution in [-0.2, 0) is 0 Å². The molecule has 0 saturated heterocycles. The van der Waals surface area contributed by atoms with Gasteiger partial charge in [0.25, 0.3) is 0 Å². The molecule has 0 aliphatic heterocycles. The summed E-state index contributed by atoms with van der Waals surface area (Å²) in [7, 11) is 3.69. The summed E-state index contributed by atoms with van der Waals surface area (Å²) < 4.78 is 7.57. The van der Waals surface area contributed by atoms with Gasteiger partial charge in [-0.05, 0) is 67.4 Å². The van der Waals surface area contributed by atoms with Crippen molar-refractivity contribution in [3.8, 4) is 5.75 Å². The number of benzene rings is 2. The highest BCUT2D eigenvalue weighted by Crippen LogP contribution is 2.34. The smallest absolute Gasteiger partial charge is 0.122 e. The number of halogens is 2. The quantitative estimate of drug-likeness (QED) is 0.749. The first kappa shape index (κ1) is 16.5. The Labute approximate surface area is 143 Å². The third-order valence-electron chi connectivity index (χ3n) is 3.65. The summed E-state index contributed by atoms with van der Waals surface area (Å²) in [6, 6.07) is 10.7. The highest BCUT2D eigenvalue weighted by atomic mass is 79.9. The van der Waals surface area contributed by atoms with Crippen molar-refractivity contribution in [3.63, 3.8) is 0 Å². The first-order valence-electron chi connectivity index (χ1n) is 6.75. The maximum atomic E-state index is 5.41. The van der Waals surface area contributed by atoms with Crippen molar-refractivity contribution in [3.05, 3.63) is 61.5 Å². The van der Waals surface area contributed by atoms with E-state index in [1.807, 2.05) is 13.1 Å². The molecule has 1 atom stereocenters. The molecule has 21 heavy (non-hydrogen) atoms. The maximum Gasteiger partial charge on any atom is 0.122 e. The van der Waals surface area contributed by atoms with Gasteiger partial charge >= 0.3 is 0 Å². The minimum absolute atomic E-state index is 0.126. The SMILES string of the molecule is CNC(c1cc(C)c(OC)cc1C)c1cc(Br)ccc1Br. The molecule has 1 N–H and O–H groups in total. The fourth-order valence-corrected chi connectivity index (χ4v) is 3.41. The molecule has 0 aromatic heterocycles. The lowest BCUT2D eigenvalue weighted by atomic mass is 9.93. The van der Waals surface area contributed by atoms with Gasteiger partial charge in [-0.25, -0.2) is 0 Å². The molecule has 2 aromatic rings. The van der Waals surface area contributed by atoms with Gasteiger partial charge in [0.1, 0.15) is 5.75 Å². The van der Waals surface area contributed by atoms with E-state index in [1.165, 1.54) is 16.7 Å². The molecular weight excluding hydrogens is 394 g/mol. The van der Waals surface area contributed by atoms with E-state index in [4.69, 9.17) is 4.74 Å². The summed E-state index contributed by atoms with van der Waals surface area (Å²) in [6.07, 6.45) is 0. The summed E-state index contributed by atoms with van der Waals surface area (Å²) in [4.78, 5) is 0. The highest BCUT2D eigenvalue weighted by Gasteiger charge is 2.18. The van der Waals surface area contributed by atoms with Gasteiger partial charge in [-0.2, -0.15) is 0 Å². The van der Waals surface area contributed by atoms with Gasteiger partial charge in [0.2, 0.25) is 0 Å². The Morgan fingerprint density at radius 3 is 2.33 bits per heavy atom. The lowest BCUT2D eigenvalue weighted by Crippen LogP contribution is -2.19. The third kappa shape index (κ3) is 3.50. The monoisotopic (exact) mass is 411 g/mol. The minimum atomic E-state index is 0.126. The van der Waals surface area contributed by atoms with Gasteiger partial charge in [0.05, 0.1) is 13.2 Å². The van der Waals surface area contributed by atoms with E-state index < -0.39 is 0 Å². The normalized spacial score (nSPS) is 12.3. The van der Waals surface area contributed by atoms with Crippen LogP contribution in [0.2, 0.25) is 0 Å². The second-order valence-electron chi connectivity index (χ2n) is 5.07. The molecule has 4 heteroatoms. The van der Waals surface area contributed by atoms with Crippen LogP contribution in [0.5, 0.6) is 5.75 Å². The van der Waals surface area contributed by atoms with E-state index in [0.717, 1.165) is 20.3 Å². The van der Waals surface area contributed by atoms with Gasteiger partial charge in [0.15, 0.2) is 0 Å². The van der Waals surface area contributed by atoms with E-state index in [2.05, 4.69) is 75.3 Å². The Morgan fingerprint density at radius 2 is 1.71 bits per heavy atom. The summed E-state index contributed by atoms with van der Waals surface area (Å²) in [5.41, 5.74) is 4.82. The summed E-state index contributed by atoms with van der Waals surface area (Å²) in [5, 5.41) is 3.42. The number of rotatable bonds is 4. The fourth-order valence-electron chi connectivity index (χ4n) is 2.56. The van der Waals surface area contributed by atoms with Crippen LogP contribution in [0.3, 0.4) is 0 Å². The minimum Gasteiger partial charge on any atom is -0.496 e. The average molecular weight is 413 g/mol. The van der Waals surface area contributed by atoms with Crippen LogP contribution in [0, 0.1) is 13.8 Å². The molecule has 0 fully saturated rings. The van der Waals surface area contributed by atoms with Crippen LogP contribution in [0.4, 0.5) is 0 Å². The molecule has 0 radical (unpaired) electrons. The number of hydrogen-bond donors (Lipinski definition) is 1. The van der Waals surface area contributed by atoms with Crippen LogP contribution in [0.25, 0.3) is 0 Å². The zero-order valence-electron chi connectivity index (χ0n) is 12.6. The zero-order valence-corrected chi connectivity index (χ0v) is 15.8. The molecule has 0 aliphatic carbocycles. The van der Waals surface area contributed by atoms with Gasteiger partial charge in [0, 0.05) is 8.95 Å². The second-order valence-corrected chi connectivity index (χ2v) is 6.84. The van der Waals surface area contributed by atoms with Gasteiger partial charge in [-0.3, -0.25) is 0 Å². The van der Waals surface area contributed by atoms with Crippen LogP contribution < -0.4 is 10.1 Å². The zero-order chi connectivity index (χ0) is 15.6. The van der Waals surface area contributed by atoms with E-state index in [0.29, 0.717) is 0 Å². The van der Waals surface area contributed by atoms with Crippen molar-refractivity contribution in [2.45, 2.75) is 19.9 Å². The maximum absolute atomic E-state index is 5.41. The first-order chi connectivity index (χ1) is 9.97. The van der Waals surface area contributed by atoms with E-state index in [9.17, 15) is 0 Å². The highest BCUT2D eigenvalue weighted by molar-refractivity contribution is 9.11. The Bertz CT molecular complexity index is 655. The summed E-state index contributed by atoms with van der Waals surface area (Å²) in [6.45, 7) is 4.19. The van der Waals surface area contributed by atoms with E-state index in [1.54, 1.807) is 7.11 Å². The van der Waals surface area contributed by atoms with Crippen molar-refractivity contribution in [2.24, 2.45) is 0 Å². The molecule has 0 spiro atoms. The molecular formula is C17H19Br2NO. The fraction of sp³-hybridized carbons (Fsp3) is 0.294. The standard InChI is InChI=1S/C17H19Br2NO/c1-10-8-16(21-4)11(2)7-13(10)17(20-3)14-9-12(18)5-6-15(14)19/h5-9,17,20H,1-4H3. The predicted octanol–water partition coefficient (Wildman–Crippen LogP) is 5.15.